The summed E-state index contributed by atoms with van der Waals surface area (Å²) in [5.41, 5.74) is -9.84. The van der Waals surface area contributed by atoms with E-state index >= 15 is 0 Å². The topological polar surface area (TPSA) is 666 Å². The van der Waals surface area contributed by atoms with Crippen molar-refractivity contribution in [3.63, 3.8) is 0 Å². The van der Waals surface area contributed by atoms with Gasteiger partial charge in [-0.15, -0.1) is 0 Å². The van der Waals surface area contributed by atoms with E-state index in [1.165, 1.54) is 0 Å². The fourth-order valence-electron chi connectivity index (χ4n) is 10.6. The summed E-state index contributed by atoms with van der Waals surface area (Å²) in [4.78, 5) is 99.9. The standard InChI is InChI=1S/C61H46O40/c62-11-30-41(78)49(97-53(83)13-1-20(63)34(71)21(64)2-13)52-61(95-30)101-55(85)15-5-24(67)36(73)28(6-15)92-47-19(59(89)100-52)10-29(40(77)45(47)82)93-46-18(9-27(70)39(76)44(46)81)58(88)99-51-50(98-54(84)14-3-22(65)35(72)23(66)4-14)48-31(94-60(51)90)12-91-56(86)16-7-25(68)37(74)42(79)32(16)33-17(57(87)96-48)8-26(69)38(75)43(33)80/h1-10,30-31,41,48-52,60-82,90H,11-12H2/t30-,31-,41-,48-,49+,50+,51-,52-,60?,61+/m1/s1. The van der Waals surface area contributed by atoms with Crippen LogP contribution >= 0.6 is 0 Å². The molecule has 7 aromatic carbocycles. The highest BCUT2D eigenvalue weighted by Gasteiger charge is 2.55. The number of aliphatic hydroxyl groups excluding tert-OH is 3. The average molecular weight is 1420 g/mol. The summed E-state index contributed by atoms with van der Waals surface area (Å²) in [5.74, 6) is -44.5. The van der Waals surface area contributed by atoms with Crippen molar-refractivity contribution >= 4 is 41.8 Å². The molecule has 11 rings (SSSR count). The van der Waals surface area contributed by atoms with Crippen LogP contribution in [0.5, 0.6) is 132 Å². The third-order valence-corrected chi connectivity index (χ3v) is 15.6. The van der Waals surface area contributed by atoms with Gasteiger partial charge in [0.05, 0.1) is 34.4 Å². The van der Waals surface area contributed by atoms with E-state index in [4.69, 9.17) is 52.1 Å². The highest BCUT2D eigenvalue weighted by molar-refractivity contribution is 6.09. The zero-order valence-electron chi connectivity index (χ0n) is 49.6. The third kappa shape index (κ3) is 12.1. The lowest BCUT2D eigenvalue weighted by molar-refractivity contribution is -0.284. The fraction of sp³-hybridized carbons (Fsp3) is 0.197. The highest BCUT2D eigenvalue weighted by atomic mass is 16.7. The van der Waals surface area contributed by atoms with E-state index in [1.807, 2.05) is 0 Å². The number of ether oxygens (including phenoxy) is 11. The van der Waals surface area contributed by atoms with Crippen LogP contribution in [0.15, 0.2) is 60.7 Å². The van der Waals surface area contributed by atoms with Crippen molar-refractivity contribution in [2.45, 2.75) is 61.4 Å². The molecule has 2 saturated heterocycles. The van der Waals surface area contributed by atoms with Crippen molar-refractivity contribution in [1.82, 2.24) is 0 Å². The van der Waals surface area contributed by atoms with Crippen molar-refractivity contribution in [3.05, 3.63) is 99.6 Å². The third-order valence-electron chi connectivity index (χ3n) is 15.6. The zero-order valence-corrected chi connectivity index (χ0v) is 49.6. The summed E-state index contributed by atoms with van der Waals surface area (Å²) in [5, 5.41) is 238. The molecule has 0 amide bonds. The van der Waals surface area contributed by atoms with Crippen molar-refractivity contribution in [2.24, 2.45) is 0 Å². The number of phenolic OH excluding ortho intramolecular Hbond substituents is 19. The van der Waals surface area contributed by atoms with Crippen LogP contribution in [-0.2, 0) is 42.6 Å². The lowest BCUT2D eigenvalue weighted by Crippen LogP contribution is -2.62. The molecule has 0 spiro atoms. The Morgan fingerprint density at radius 2 is 0.921 bits per heavy atom. The van der Waals surface area contributed by atoms with Gasteiger partial charge in [-0.2, -0.15) is 0 Å². The Bertz CT molecular complexity index is 4650. The lowest BCUT2D eigenvalue weighted by atomic mass is 9.92. The molecular formula is C61H46O40. The minimum Gasteiger partial charge on any atom is -0.504 e. The Morgan fingerprint density at radius 3 is 1.49 bits per heavy atom. The summed E-state index contributed by atoms with van der Waals surface area (Å²) in [6.45, 7) is -2.55. The van der Waals surface area contributed by atoms with Gasteiger partial charge < -0.3 is 164 Å². The quantitative estimate of drug-likeness (QED) is 0.0548. The Kier molecular flexibility index (Phi) is 17.6. The monoisotopic (exact) mass is 1420 g/mol. The summed E-state index contributed by atoms with van der Waals surface area (Å²) in [6, 6.07) is 4.35. The molecule has 530 valence electrons. The van der Waals surface area contributed by atoms with Crippen LogP contribution in [0.2, 0.25) is 0 Å². The first-order chi connectivity index (χ1) is 47.6. The molecular weight excluding hydrogens is 1370 g/mol. The SMILES string of the molecule is O=C1O[C@@H]2O[C@H](CO)[C@@H](O)[C@H](OC(=O)c3cc(O)c(O)c(O)c3)[C@H]2OC(=O)c2cc(Oc3c(C(=O)O[C@H]4C(O)O[C@@H]5COC(=O)c6cc(O)c(O)c(O)c6-c6c(cc(O)c(O)c6O)C(=O)O[C@H]5[C@@H]4OC(=O)c4cc(O)c(O)c(O)c4)cc(O)c(O)c3O)c(O)c(O)c2Oc2cc1cc(O)c2O. The molecule has 101 heavy (non-hydrogen) atoms. The second kappa shape index (κ2) is 25.8. The molecule has 4 aliphatic rings. The number of rotatable bonds is 9. The van der Waals surface area contributed by atoms with Gasteiger partial charge in [0, 0.05) is 23.3 Å². The van der Waals surface area contributed by atoms with Gasteiger partial charge in [0.1, 0.15) is 36.0 Å². The van der Waals surface area contributed by atoms with E-state index in [1.54, 1.807) is 0 Å². The smallest absolute Gasteiger partial charge is 0.342 e. The first-order valence-corrected chi connectivity index (χ1v) is 28.2. The van der Waals surface area contributed by atoms with Crippen molar-refractivity contribution in [2.75, 3.05) is 13.2 Å². The number of phenols is 19. The maximum atomic E-state index is 14.9. The minimum atomic E-state index is -2.84. The largest absolute Gasteiger partial charge is 0.504 e. The predicted octanol–water partition coefficient (Wildman–Crippen LogP) is 1.21. The molecule has 22 N–H and O–H groups in total. The Morgan fingerprint density at radius 1 is 0.436 bits per heavy atom. The number of esters is 7. The molecule has 4 aliphatic heterocycles. The molecule has 10 atom stereocenters. The van der Waals surface area contributed by atoms with Gasteiger partial charge in [-0.05, 0) is 48.5 Å². The Labute approximate surface area is 556 Å². The second-order valence-electron chi connectivity index (χ2n) is 21.9. The molecule has 40 heteroatoms. The molecule has 40 nitrogen and oxygen atoms in total. The summed E-state index contributed by atoms with van der Waals surface area (Å²) >= 11 is 0. The van der Waals surface area contributed by atoms with Crippen molar-refractivity contribution in [1.29, 1.82) is 0 Å². The average Bonchev–Trinajstić information content (AvgIpc) is 1.65. The number of aliphatic hydroxyl groups is 3. The first kappa shape index (κ1) is 68.8. The molecule has 2 fully saturated rings. The lowest BCUT2D eigenvalue weighted by Gasteiger charge is -2.42. The minimum absolute atomic E-state index is 0.192. The molecule has 0 saturated carbocycles. The van der Waals surface area contributed by atoms with E-state index in [0.29, 0.717) is 48.5 Å². The zero-order chi connectivity index (χ0) is 73.6. The molecule has 0 aliphatic carbocycles. The van der Waals surface area contributed by atoms with Crippen LogP contribution < -0.4 is 9.47 Å². The number of cyclic esters (lactones) is 1. The van der Waals surface area contributed by atoms with Crippen LogP contribution in [0.25, 0.3) is 11.1 Å². The van der Waals surface area contributed by atoms with Crippen LogP contribution in [0, 0.1) is 0 Å². The van der Waals surface area contributed by atoms with Gasteiger partial charge in [-0.25, -0.2) is 33.6 Å². The molecule has 0 aromatic heterocycles. The number of benzene rings is 7. The van der Waals surface area contributed by atoms with Gasteiger partial charge in [0.25, 0.3) is 0 Å². The van der Waals surface area contributed by atoms with Crippen LogP contribution in [-0.4, -0.2) is 229 Å². The first-order valence-electron chi connectivity index (χ1n) is 28.2. The molecule has 1 unspecified atom stereocenters. The summed E-state index contributed by atoms with van der Waals surface area (Å²) in [7, 11) is 0. The molecule has 4 heterocycles. The molecule has 7 aromatic rings. The number of fused-ring (bicyclic) bond motifs is 8. The fourth-order valence-corrected chi connectivity index (χ4v) is 10.6. The van der Waals surface area contributed by atoms with Gasteiger partial charge in [-0.3, -0.25) is 0 Å². The Balaban J connectivity index is 1.01. The van der Waals surface area contributed by atoms with Crippen LogP contribution in [0.4, 0.5) is 0 Å². The van der Waals surface area contributed by atoms with Gasteiger partial charge in [-0.1, -0.05) is 0 Å². The molecule has 2 bridgehead atoms. The second-order valence-corrected chi connectivity index (χ2v) is 21.9. The van der Waals surface area contributed by atoms with E-state index in [9.17, 15) is 146 Å². The van der Waals surface area contributed by atoms with Crippen molar-refractivity contribution in [3.8, 4) is 143 Å². The summed E-state index contributed by atoms with van der Waals surface area (Å²) in [6.07, 6.45) is -24.9. The van der Waals surface area contributed by atoms with Crippen molar-refractivity contribution < 1.29 is 198 Å². The molecule has 0 radical (unpaired) electrons. The van der Waals surface area contributed by atoms with Gasteiger partial charge in [0.2, 0.25) is 52.6 Å². The van der Waals surface area contributed by atoms with Crippen LogP contribution in [0.3, 0.4) is 0 Å². The normalized spacial score (nSPS) is 21.7. The predicted molar refractivity (Wildman–Crippen MR) is 310 cm³/mol. The maximum absolute atomic E-state index is 14.9. The number of aromatic hydroxyl groups is 19. The number of hydrogen-bond donors (Lipinski definition) is 22. The van der Waals surface area contributed by atoms with E-state index < -0.39 is 299 Å². The number of hydrogen-bond acceptors (Lipinski definition) is 40. The number of carbonyl (C=O) groups excluding carboxylic acids is 7. The van der Waals surface area contributed by atoms with E-state index in [-0.39, 0.29) is 12.1 Å². The summed E-state index contributed by atoms with van der Waals surface area (Å²) < 4.78 is 60.8. The maximum Gasteiger partial charge on any atom is 0.342 e. The van der Waals surface area contributed by atoms with Gasteiger partial charge >= 0.3 is 41.8 Å². The van der Waals surface area contributed by atoms with E-state index in [2.05, 4.69) is 0 Å². The van der Waals surface area contributed by atoms with Crippen LogP contribution in [0.1, 0.15) is 72.5 Å². The highest BCUT2D eigenvalue weighted by Crippen LogP contribution is 2.56. The van der Waals surface area contributed by atoms with E-state index in [0.717, 1.165) is 0 Å². The number of carbonyl (C=O) groups is 7. The Hall–Kier alpha value is -13.6. The van der Waals surface area contributed by atoms with Gasteiger partial charge in [0.15, 0.2) is 123 Å².